The van der Waals surface area contributed by atoms with Gasteiger partial charge in [-0.2, -0.15) is 0 Å². The van der Waals surface area contributed by atoms with Gasteiger partial charge in [0.25, 0.3) is 5.91 Å². The highest BCUT2D eigenvalue weighted by Crippen LogP contribution is 2.30. The van der Waals surface area contributed by atoms with E-state index in [9.17, 15) is 9.59 Å². The zero-order valence-corrected chi connectivity index (χ0v) is 16.4. The highest BCUT2D eigenvalue weighted by atomic mass is 35.5. The number of rotatable bonds is 5. The number of hydrogen-bond acceptors (Lipinski definition) is 5. The SMILES string of the molecule is COc1ccc(C)cc1NC(=O)CSC1=NCC(=O)N1c1ccccc1Cl. The first-order valence-corrected chi connectivity index (χ1v) is 9.55. The molecule has 0 radical (unpaired) electrons. The van der Waals surface area contributed by atoms with E-state index >= 15 is 0 Å². The second-order valence-corrected chi connectivity index (χ2v) is 7.17. The number of nitrogens with one attached hydrogen (secondary N) is 1. The Morgan fingerprint density at radius 1 is 1.33 bits per heavy atom. The molecule has 2 aromatic rings. The Kier molecular flexibility index (Phi) is 6.03. The van der Waals surface area contributed by atoms with Crippen LogP contribution < -0.4 is 15.0 Å². The molecule has 140 valence electrons. The predicted octanol–water partition coefficient (Wildman–Crippen LogP) is 3.73. The fourth-order valence-corrected chi connectivity index (χ4v) is 3.64. The van der Waals surface area contributed by atoms with Crippen molar-refractivity contribution in [2.75, 3.05) is 29.6 Å². The molecule has 0 atom stereocenters. The van der Waals surface area contributed by atoms with Crippen LogP contribution in [0, 0.1) is 6.92 Å². The molecular formula is C19H18ClN3O3S. The molecule has 3 rings (SSSR count). The number of amidine groups is 1. The average molecular weight is 404 g/mol. The molecule has 2 amide bonds. The first kappa shape index (κ1) is 19.3. The van der Waals surface area contributed by atoms with Crippen LogP contribution in [0.15, 0.2) is 47.5 Å². The molecule has 0 aliphatic carbocycles. The number of ether oxygens (including phenoxy) is 1. The van der Waals surface area contributed by atoms with E-state index in [-0.39, 0.29) is 24.1 Å². The molecule has 0 bridgehead atoms. The van der Waals surface area contributed by atoms with Crippen molar-refractivity contribution < 1.29 is 14.3 Å². The lowest BCUT2D eigenvalue weighted by Crippen LogP contribution is -2.31. The molecule has 0 spiro atoms. The smallest absolute Gasteiger partial charge is 0.254 e. The summed E-state index contributed by atoms with van der Waals surface area (Å²) in [6.45, 7) is 1.98. The van der Waals surface area contributed by atoms with Crippen LogP contribution in [0.4, 0.5) is 11.4 Å². The Hall–Kier alpha value is -2.51. The number of hydrogen-bond donors (Lipinski definition) is 1. The number of methoxy groups -OCH3 is 1. The van der Waals surface area contributed by atoms with Crippen LogP contribution in [0.5, 0.6) is 5.75 Å². The number of carbonyl (C=O) groups is 2. The number of amides is 2. The molecule has 2 aromatic carbocycles. The Morgan fingerprint density at radius 2 is 2.11 bits per heavy atom. The second-order valence-electron chi connectivity index (χ2n) is 5.82. The molecule has 6 nitrogen and oxygen atoms in total. The lowest BCUT2D eigenvalue weighted by Gasteiger charge is -2.19. The molecule has 0 saturated heterocycles. The maximum atomic E-state index is 12.4. The van der Waals surface area contributed by atoms with E-state index in [2.05, 4.69) is 10.3 Å². The lowest BCUT2D eigenvalue weighted by atomic mass is 10.2. The average Bonchev–Trinajstić information content (AvgIpc) is 3.01. The van der Waals surface area contributed by atoms with E-state index in [1.54, 1.807) is 37.4 Å². The van der Waals surface area contributed by atoms with Crippen molar-refractivity contribution in [3.05, 3.63) is 53.1 Å². The van der Waals surface area contributed by atoms with E-state index in [1.807, 2.05) is 19.1 Å². The van der Waals surface area contributed by atoms with Crippen molar-refractivity contribution in [3.63, 3.8) is 0 Å². The van der Waals surface area contributed by atoms with E-state index in [4.69, 9.17) is 16.3 Å². The van der Waals surface area contributed by atoms with Crippen LogP contribution in [-0.4, -0.2) is 36.4 Å². The van der Waals surface area contributed by atoms with Gasteiger partial charge in [0.2, 0.25) is 5.91 Å². The predicted molar refractivity (Wildman–Crippen MR) is 110 cm³/mol. The quantitative estimate of drug-likeness (QED) is 0.825. The number of halogens is 1. The Bertz CT molecular complexity index is 917. The van der Waals surface area contributed by atoms with E-state index in [1.165, 1.54) is 16.7 Å². The second kappa shape index (κ2) is 8.45. The third kappa shape index (κ3) is 4.43. The van der Waals surface area contributed by atoms with Crippen molar-refractivity contribution >= 4 is 51.7 Å². The number of benzene rings is 2. The molecule has 0 aromatic heterocycles. The fraction of sp³-hybridized carbons (Fsp3) is 0.211. The summed E-state index contributed by atoms with van der Waals surface area (Å²) in [5.41, 5.74) is 2.18. The number of para-hydroxylation sites is 1. The van der Waals surface area contributed by atoms with Gasteiger partial charge in [-0.3, -0.25) is 19.5 Å². The molecular weight excluding hydrogens is 386 g/mol. The number of nitrogens with zero attached hydrogens (tertiary/aromatic N) is 2. The highest BCUT2D eigenvalue weighted by Gasteiger charge is 2.29. The van der Waals surface area contributed by atoms with Gasteiger partial charge in [-0.05, 0) is 36.8 Å². The largest absolute Gasteiger partial charge is 0.495 e. The minimum absolute atomic E-state index is 0.0425. The number of aryl methyl sites for hydroxylation is 1. The van der Waals surface area contributed by atoms with Gasteiger partial charge in [0, 0.05) is 0 Å². The van der Waals surface area contributed by atoms with Gasteiger partial charge in [-0.1, -0.05) is 41.6 Å². The van der Waals surface area contributed by atoms with E-state index in [0.717, 1.165) is 5.56 Å². The maximum Gasteiger partial charge on any atom is 0.254 e. The standard InChI is InChI=1S/C19H18ClN3O3S/c1-12-7-8-16(26-2)14(9-12)22-17(24)11-27-19-21-10-18(25)23(19)15-6-4-3-5-13(15)20/h3-9H,10-11H2,1-2H3,(H,22,24). The van der Waals surface area contributed by atoms with Gasteiger partial charge >= 0.3 is 0 Å². The van der Waals surface area contributed by atoms with Crippen molar-refractivity contribution in [1.82, 2.24) is 0 Å². The molecule has 1 heterocycles. The van der Waals surface area contributed by atoms with Crippen molar-refractivity contribution in [3.8, 4) is 5.75 Å². The molecule has 8 heteroatoms. The highest BCUT2D eigenvalue weighted by molar-refractivity contribution is 8.14. The number of thioether (sulfide) groups is 1. The van der Waals surface area contributed by atoms with Crippen molar-refractivity contribution in [2.24, 2.45) is 4.99 Å². The summed E-state index contributed by atoms with van der Waals surface area (Å²) in [7, 11) is 1.55. The van der Waals surface area contributed by atoms with Gasteiger partial charge in [0.1, 0.15) is 12.3 Å². The third-order valence-electron chi connectivity index (χ3n) is 3.85. The van der Waals surface area contributed by atoms with Gasteiger partial charge in [-0.15, -0.1) is 0 Å². The van der Waals surface area contributed by atoms with Gasteiger partial charge < -0.3 is 10.1 Å². The number of aliphatic imine (C=N–C) groups is 1. The number of carbonyl (C=O) groups excluding carboxylic acids is 2. The number of anilines is 2. The fourth-order valence-electron chi connectivity index (χ4n) is 2.60. The molecule has 1 aliphatic rings. The topological polar surface area (TPSA) is 71.0 Å². The van der Waals surface area contributed by atoms with E-state index < -0.39 is 0 Å². The molecule has 0 fully saturated rings. The molecule has 27 heavy (non-hydrogen) atoms. The van der Waals surface area contributed by atoms with Crippen molar-refractivity contribution in [1.29, 1.82) is 0 Å². The van der Waals surface area contributed by atoms with Crippen LogP contribution in [0.1, 0.15) is 5.56 Å². The minimum Gasteiger partial charge on any atom is -0.495 e. The monoisotopic (exact) mass is 403 g/mol. The first-order chi connectivity index (χ1) is 13.0. The summed E-state index contributed by atoms with van der Waals surface area (Å²) < 4.78 is 5.27. The summed E-state index contributed by atoms with van der Waals surface area (Å²) in [6.07, 6.45) is 0. The minimum atomic E-state index is -0.218. The van der Waals surface area contributed by atoms with Crippen molar-refractivity contribution in [2.45, 2.75) is 6.92 Å². The zero-order valence-electron chi connectivity index (χ0n) is 14.9. The Labute approximate surface area is 166 Å². The summed E-state index contributed by atoms with van der Waals surface area (Å²) >= 11 is 7.39. The Balaban J connectivity index is 1.67. The molecule has 0 saturated carbocycles. The van der Waals surface area contributed by atoms with E-state index in [0.29, 0.717) is 27.3 Å². The normalized spacial score (nSPS) is 13.5. The molecule has 1 N–H and O–H groups in total. The summed E-state index contributed by atoms with van der Waals surface area (Å²) in [6, 6.07) is 12.6. The molecule has 0 unspecified atom stereocenters. The van der Waals surface area contributed by atoms with Crippen LogP contribution >= 0.6 is 23.4 Å². The van der Waals surface area contributed by atoms with Gasteiger partial charge in [0.15, 0.2) is 5.17 Å². The van der Waals surface area contributed by atoms with Crippen LogP contribution in [-0.2, 0) is 9.59 Å². The molecule has 1 aliphatic heterocycles. The first-order valence-electron chi connectivity index (χ1n) is 8.19. The zero-order chi connectivity index (χ0) is 19.4. The van der Waals surface area contributed by atoms with Crippen LogP contribution in [0.2, 0.25) is 5.02 Å². The summed E-state index contributed by atoms with van der Waals surface area (Å²) in [4.78, 5) is 30.3. The lowest BCUT2D eigenvalue weighted by molar-refractivity contribution is -0.116. The third-order valence-corrected chi connectivity index (χ3v) is 5.14. The maximum absolute atomic E-state index is 12.4. The van der Waals surface area contributed by atoms with Crippen LogP contribution in [0.25, 0.3) is 0 Å². The summed E-state index contributed by atoms with van der Waals surface area (Å²) in [5, 5.41) is 3.75. The summed E-state index contributed by atoms with van der Waals surface area (Å²) in [5.74, 6) is 0.297. The van der Waals surface area contributed by atoms with Gasteiger partial charge in [-0.25, -0.2) is 0 Å². The van der Waals surface area contributed by atoms with Crippen LogP contribution in [0.3, 0.4) is 0 Å². The van der Waals surface area contributed by atoms with Gasteiger partial charge in [0.05, 0.1) is 29.3 Å². The Morgan fingerprint density at radius 3 is 2.85 bits per heavy atom.